The van der Waals surface area contributed by atoms with Crippen LogP contribution in [0.4, 0.5) is 0 Å². The van der Waals surface area contributed by atoms with Gasteiger partial charge >= 0.3 is 0 Å². The molecule has 102 valence electrons. The molecule has 0 aliphatic carbocycles. The van der Waals surface area contributed by atoms with Crippen molar-refractivity contribution >= 4 is 0 Å². The number of methoxy groups -OCH3 is 1. The van der Waals surface area contributed by atoms with Crippen LogP contribution in [0.15, 0.2) is 35.2 Å². The van der Waals surface area contributed by atoms with Crippen LogP contribution in [0.3, 0.4) is 0 Å². The number of ether oxygens (including phenoxy) is 1. The molecule has 0 aliphatic rings. The number of aryl methyl sites for hydroxylation is 1. The Kier molecular flexibility index (Phi) is 4.58. The first-order chi connectivity index (χ1) is 9.26. The van der Waals surface area contributed by atoms with Crippen molar-refractivity contribution in [3.05, 3.63) is 47.7 Å². The molecule has 1 N–H and O–H groups in total. The SMILES string of the molecule is CCCNC(c1cncc(OC)c1)c1ccoc1C. The van der Waals surface area contributed by atoms with Gasteiger partial charge in [-0.2, -0.15) is 0 Å². The first-order valence-corrected chi connectivity index (χ1v) is 6.52. The molecular weight excluding hydrogens is 240 g/mol. The first-order valence-electron chi connectivity index (χ1n) is 6.52. The van der Waals surface area contributed by atoms with Crippen molar-refractivity contribution in [1.29, 1.82) is 0 Å². The van der Waals surface area contributed by atoms with E-state index in [2.05, 4.69) is 17.2 Å². The molecule has 0 spiro atoms. The molecule has 2 rings (SSSR count). The van der Waals surface area contributed by atoms with Crippen molar-refractivity contribution in [1.82, 2.24) is 10.3 Å². The Hall–Kier alpha value is -1.81. The maximum absolute atomic E-state index is 5.41. The van der Waals surface area contributed by atoms with Gasteiger partial charge in [-0.15, -0.1) is 0 Å². The van der Waals surface area contributed by atoms with E-state index in [0.29, 0.717) is 0 Å². The van der Waals surface area contributed by atoms with Gasteiger partial charge in [0.2, 0.25) is 0 Å². The third-order valence-corrected chi connectivity index (χ3v) is 3.11. The van der Waals surface area contributed by atoms with E-state index in [4.69, 9.17) is 9.15 Å². The van der Waals surface area contributed by atoms with Crippen molar-refractivity contribution in [3.8, 4) is 5.75 Å². The number of hydrogen-bond donors (Lipinski definition) is 1. The first kappa shape index (κ1) is 13.6. The number of rotatable bonds is 6. The van der Waals surface area contributed by atoms with E-state index in [1.165, 1.54) is 0 Å². The third-order valence-electron chi connectivity index (χ3n) is 3.11. The lowest BCUT2D eigenvalue weighted by Gasteiger charge is -2.18. The maximum atomic E-state index is 5.41. The molecule has 0 aromatic carbocycles. The average Bonchev–Trinajstić information content (AvgIpc) is 2.86. The summed E-state index contributed by atoms with van der Waals surface area (Å²) in [4.78, 5) is 4.23. The van der Waals surface area contributed by atoms with E-state index in [1.807, 2.05) is 25.3 Å². The molecule has 0 radical (unpaired) electrons. The fourth-order valence-electron chi connectivity index (χ4n) is 2.10. The standard InChI is InChI=1S/C15H20N2O2/c1-4-6-17-15(14-5-7-19-11(14)2)12-8-13(18-3)10-16-9-12/h5,7-10,15,17H,4,6H2,1-3H3. The van der Waals surface area contributed by atoms with Crippen molar-refractivity contribution < 1.29 is 9.15 Å². The van der Waals surface area contributed by atoms with Crippen molar-refractivity contribution in [2.45, 2.75) is 26.3 Å². The van der Waals surface area contributed by atoms with E-state index in [1.54, 1.807) is 19.6 Å². The van der Waals surface area contributed by atoms with Crippen LogP contribution in [0.1, 0.15) is 36.3 Å². The molecule has 4 heteroatoms. The highest BCUT2D eigenvalue weighted by Crippen LogP contribution is 2.27. The zero-order valence-corrected chi connectivity index (χ0v) is 11.6. The van der Waals surface area contributed by atoms with E-state index in [9.17, 15) is 0 Å². The zero-order valence-electron chi connectivity index (χ0n) is 11.6. The summed E-state index contributed by atoms with van der Waals surface area (Å²) in [6.45, 7) is 5.06. The molecule has 0 fully saturated rings. The minimum atomic E-state index is 0.0845. The van der Waals surface area contributed by atoms with Gasteiger partial charge in [0.25, 0.3) is 0 Å². The minimum absolute atomic E-state index is 0.0845. The van der Waals surface area contributed by atoms with Gasteiger partial charge in [0.15, 0.2) is 0 Å². The van der Waals surface area contributed by atoms with Crippen LogP contribution in [0, 0.1) is 6.92 Å². The van der Waals surface area contributed by atoms with Gasteiger partial charge in [-0.05, 0) is 37.6 Å². The normalized spacial score (nSPS) is 12.4. The Balaban J connectivity index is 2.34. The second-order valence-corrected chi connectivity index (χ2v) is 4.48. The van der Waals surface area contributed by atoms with Crippen LogP contribution in [-0.4, -0.2) is 18.6 Å². The van der Waals surface area contributed by atoms with Gasteiger partial charge in [-0.1, -0.05) is 6.92 Å². The smallest absolute Gasteiger partial charge is 0.137 e. The lowest BCUT2D eigenvalue weighted by atomic mass is 10.0. The summed E-state index contributed by atoms with van der Waals surface area (Å²) >= 11 is 0. The van der Waals surface area contributed by atoms with Crippen LogP contribution < -0.4 is 10.1 Å². The Bertz CT molecular complexity index is 522. The van der Waals surface area contributed by atoms with Gasteiger partial charge in [0.1, 0.15) is 11.5 Å². The maximum Gasteiger partial charge on any atom is 0.137 e. The van der Waals surface area contributed by atoms with Gasteiger partial charge in [-0.25, -0.2) is 0 Å². The second-order valence-electron chi connectivity index (χ2n) is 4.48. The van der Waals surface area contributed by atoms with Crippen LogP contribution in [0.2, 0.25) is 0 Å². The Labute approximate surface area is 113 Å². The monoisotopic (exact) mass is 260 g/mol. The quantitative estimate of drug-likeness (QED) is 0.867. The minimum Gasteiger partial charge on any atom is -0.495 e. The van der Waals surface area contributed by atoms with Crippen LogP contribution in [0.5, 0.6) is 5.75 Å². The van der Waals surface area contributed by atoms with E-state index < -0.39 is 0 Å². The summed E-state index contributed by atoms with van der Waals surface area (Å²) in [5.41, 5.74) is 2.22. The molecule has 1 unspecified atom stereocenters. The number of aromatic nitrogens is 1. The lowest BCUT2D eigenvalue weighted by Crippen LogP contribution is -2.23. The Morgan fingerprint density at radius 1 is 1.42 bits per heavy atom. The third kappa shape index (κ3) is 3.15. The largest absolute Gasteiger partial charge is 0.495 e. The molecule has 1 atom stereocenters. The summed E-state index contributed by atoms with van der Waals surface area (Å²) in [6.07, 6.45) is 6.37. The fourth-order valence-corrected chi connectivity index (χ4v) is 2.10. The Morgan fingerprint density at radius 3 is 2.89 bits per heavy atom. The molecule has 2 aromatic heterocycles. The van der Waals surface area contributed by atoms with Gasteiger partial charge < -0.3 is 14.5 Å². The number of hydrogen-bond acceptors (Lipinski definition) is 4. The number of nitrogens with one attached hydrogen (secondary N) is 1. The summed E-state index contributed by atoms with van der Waals surface area (Å²) in [5, 5.41) is 3.52. The predicted octanol–water partition coefficient (Wildman–Crippen LogP) is 3.08. The summed E-state index contributed by atoms with van der Waals surface area (Å²) in [5.74, 6) is 1.69. The predicted molar refractivity (Wildman–Crippen MR) is 74.4 cm³/mol. The van der Waals surface area contributed by atoms with E-state index in [-0.39, 0.29) is 6.04 Å². The van der Waals surface area contributed by atoms with Crippen LogP contribution in [0.25, 0.3) is 0 Å². The molecule has 0 aliphatic heterocycles. The molecule has 4 nitrogen and oxygen atoms in total. The zero-order chi connectivity index (χ0) is 13.7. The summed E-state index contributed by atoms with van der Waals surface area (Å²) in [7, 11) is 1.65. The summed E-state index contributed by atoms with van der Waals surface area (Å²) < 4.78 is 10.7. The molecular formula is C15H20N2O2. The molecule has 2 aromatic rings. The highest BCUT2D eigenvalue weighted by atomic mass is 16.5. The average molecular weight is 260 g/mol. The number of nitrogens with zero attached hydrogens (tertiary/aromatic N) is 1. The van der Waals surface area contributed by atoms with Crippen LogP contribution in [-0.2, 0) is 0 Å². The van der Waals surface area contributed by atoms with Gasteiger partial charge in [0, 0.05) is 11.8 Å². The molecule has 0 saturated heterocycles. The van der Waals surface area contributed by atoms with Crippen molar-refractivity contribution in [2.24, 2.45) is 0 Å². The number of furan rings is 1. The lowest BCUT2D eigenvalue weighted by molar-refractivity contribution is 0.411. The van der Waals surface area contributed by atoms with Crippen LogP contribution >= 0.6 is 0 Å². The summed E-state index contributed by atoms with van der Waals surface area (Å²) in [6, 6.07) is 4.09. The molecule has 19 heavy (non-hydrogen) atoms. The molecule has 0 amide bonds. The topological polar surface area (TPSA) is 47.3 Å². The van der Waals surface area contributed by atoms with E-state index in [0.717, 1.165) is 35.6 Å². The van der Waals surface area contributed by atoms with Gasteiger partial charge in [0.05, 0.1) is 25.6 Å². The van der Waals surface area contributed by atoms with Gasteiger partial charge in [-0.3, -0.25) is 4.98 Å². The fraction of sp³-hybridized carbons (Fsp3) is 0.400. The second kappa shape index (κ2) is 6.38. The molecule has 2 heterocycles. The number of pyridine rings is 1. The van der Waals surface area contributed by atoms with Crippen molar-refractivity contribution in [2.75, 3.05) is 13.7 Å². The Morgan fingerprint density at radius 2 is 2.26 bits per heavy atom. The van der Waals surface area contributed by atoms with E-state index >= 15 is 0 Å². The highest BCUT2D eigenvalue weighted by molar-refractivity contribution is 5.35. The van der Waals surface area contributed by atoms with Crippen molar-refractivity contribution in [3.63, 3.8) is 0 Å². The highest BCUT2D eigenvalue weighted by Gasteiger charge is 2.18. The molecule has 0 saturated carbocycles. The molecule has 0 bridgehead atoms.